The average molecular weight is 298 g/mol. The molecule has 1 atom stereocenters. The molecule has 1 aromatic rings. The van der Waals surface area contributed by atoms with Crippen LogP contribution < -0.4 is 0 Å². The van der Waals surface area contributed by atoms with Crippen molar-refractivity contribution in [1.29, 1.82) is 5.26 Å². The lowest BCUT2D eigenvalue weighted by atomic mass is 10.2. The van der Waals surface area contributed by atoms with Crippen molar-refractivity contribution in [3.05, 3.63) is 29.6 Å². The Bertz CT molecular complexity index is 696. The van der Waals surface area contributed by atoms with Gasteiger partial charge in [0.25, 0.3) is 0 Å². The molecule has 1 aromatic carbocycles. The van der Waals surface area contributed by atoms with Gasteiger partial charge in [-0.2, -0.15) is 9.57 Å². The van der Waals surface area contributed by atoms with Crippen molar-refractivity contribution >= 4 is 16.0 Å². The number of carboxylic acid groups (broad SMARTS) is 1. The van der Waals surface area contributed by atoms with Crippen LogP contribution in [0.15, 0.2) is 23.1 Å². The zero-order valence-corrected chi connectivity index (χ0v) is 11.1. The summed E-state index contributed by atoms with van der Waals surface area (Å²) in [5.41, 5.74) is -0.264. The van der Waals surface area contributed by atoms with Gasteiger partial charge in [0.1, 0.15) is 17.9 Å². The molecule has 0 unspecified atom stereocenters. The first kappa shape index (κ1) is 14.4. The van der Waals surface area contributed by atoms with E-state index < -0.39 is 27.9 Å². The summed E-state index contributed by atoms with van der Waals surface area (Å²) in [5.74, 6) is -2.17. The highest BCUT2D eigenvalue weighted by Gasteiger charge is 2.39. The van der Waals surface area contributed by atoms with Crippen LogP contribution in [0.5, 0.6) is 0 Å². The number of hydrogen-bond acceptors (Lipinski definition) is 4. The molecular weight excluding hydrogens is 287 g/mol. The third-order valence-corrected chi connectivity index (χ3v) is 5.06. The summed E-state index contributed by atoms with van der Waals surface area (Å²) in [6.45, 7) is 0.0842. The minimum Gasteiger partial charge on any atom is -0.480 e. The number of benzene rings is 1. The van der Waals surface area contributed by atoms with Gasteiger partial charge in [0.15, 0.2) is 0 Å². The number of aliphatic carboxylic acids is 1. The van der Waals surface area contributed by atoms with Crippen molar-refractivity contribution in [1.82, 2.24) is 4.31 Å². The average Bonchev–Trinajstić information content (AvgIpc) is 2.88. The molecular formula is C12H11FN2O4S. The van der Waals surface area contributed by atoms with E-state index in [1.165, 1.54) is 0 Å². The van der Waals surface area contributed by atoms with Crippen LogP contribution in [0.25, 0.3) is 0 Å². The minimum atomic E-state index is -4.08. The van der Waals surface area contributed by atoms with Crippen LogP contribution in [0.4, 0.5) is 4.39 Å². The van der Waals surface area contributed by atoms with Crippen molar-refractivity contribution in [3.8, 4) is 6.07 Å². The Hall–Kier alpha value is -1.98. The van der Waals surface area contributed by atoms with Crippen LogP contribution in [0.3, 0.4) is 0 Å². The fourth-order valence-corrected chi connectivity index (χ4v) is 3.82. The summed E-state index contributed by atoms with van der Waals surface area (Å²) in [6.07, 6.45) is 0.669. The van der Waals surface area contributed by atoms with Crippen LogP contribution in [0.2, 0.25) is 0 Å². The SMILES string of the molecule is N#Cc1ccc(S(=O)(=O)N2CCC[C@H]2C(=O)O)cc1F. The molecule has 0 amide bonds. The molecule has 1 N–H and O–H groups in total. The molecule has 1 heterocycles. The third kappa shape index (κ3) is 2.37. The van der Waals surface area contributed by atoms with Crippen LogP contribution in [0.1, 0.15) is 18.4 Å². The molecule has 1 saturated heterocycles. The molecule has 1 aliphatic rings. The van der Waals surface area contributed by atoms with Crippen molar-refractivity contribution in [2.75, 3.05) is 6.54 Å². The highest BCUT2D eigenvalue weighted by molar-refractivity contribution is 7.89. The van der Waals surface area contributed by atoms with Gasteiger partial charge in [0.2, 0.25) is 10.0 Å². The topological polar surface area (TPSA) is 98.5 Å². The summed E-state index contributed by atoms with van der Waals surface area (Å²) in [5, 5.41) is 17.6. The van der Waals surface area contributed by atoms with E-state index in [0.717, 1.165) is 22.5 Å². The maximum Gasteiger partial charge on any atom is 0.322 e. The van der Waals surface area contributed by atoms with Crippen LogP contribution in [-0.4, -0.2) is 36.4 Å². The monoisotopic (exact) mass is 298 g/mol. The Morgan fingerprint density at radius 3 is 2.75 bits per heavy atom. The largest absolute Gasteiger partial charge is 0.480 e. The van der Waals surface area contributed by atoms with Crippen molar-refractivity contribution in [3.63, 3.8) is 0 Å². The smallest absolute Gasteiger partial charge is 0.322 e. The summed E-state index contributed by atoms with van der Waals surface area (Å²) in [7, 11) is -4.08. The number of rotatable bonds is 3. The van der Waals surface area contributed by atoms with E-state index in [9.17, 15) is 17.6 Å². The standard InChI is InChI=1S/C12H11FN2O4S/c13-10-6-9(4-3-8(10)7-14)20(18,19)15-5-1-2-11(15)12(16)17/h3-4,6,11H,1-2,5H2,(H,16,17)/t11-/m0/s1. The Kier molecular flexibility index (Phi) is 3.74. The van der Waals surface area contributed by atoms with E-state index in [1.54, 1.807) is 6.07 Å². The van der Waals surface area contributed by atoms with Gasteiger partial charge in [-0.1, -0.05) is 0 Å². The van der Waals surface area contributed by atoms with E-state index in [1.807, 2.05) is 0 Å². The van der Waals surface area contributed by atoms with E-state index in [-0.39, 0.29) is 23.4 Å². The lowest BCUT2D eigenvalue weighted by Gasteiger charge is -2.20. The molecule has 0 spiro atoms. The normalized spacial score (nSPS) is 19.7. The van der Waals surface area contributed by atoms with Crippen molar-refractivity contribution in [2.24, 2.45) is 0 Å². The zero-order valence-electron chi connectivity index (χ0n) is 10.3. The lowest BCUT2D eigenvalue weighted by molar-refractivity contribution is -0.140. The molecule has 20 heavy (non-hydrogen) atoms. The second-order valence-electron chi connectivity index (χ2n) is 4.37. The summed E-state index contributed by atoms with van der Waals surface area (Å²) in [6, 6.07) is 3.38. The second kappa shape index (κ2) is 5.19. The van der Waals surface area contributed by atoms with Crippen molar-refractivity contribution < 1.29 is 22.7 Å². The maximum atomic E-state index is 13.5. The number of carbonyl (C=O) groups is 1. The van der Waals surface area contributed by atoms with Gasteiger partial charge in [-0.3, -0.25) is 4.79 Å². The zero-order chi connectivity index (χ0) is 14.9. The second-order valence-corrected chi connectivity index (χ2v) is 6.26. The highest BCUT2D eigenvalue weighted by Crippen LogP contribution is 2.27. The van der Waals surface area contributed by atoms with E-state index in [4.69, 9.17) is 10.4 Å². The highest BCUT2D eigenvalue weighted by atomic mass is 32.2. The molecule has 0 aliphatic carbocycles. The third-order valence-electron chi connectivity index (χ3n) is 3.16. The van der Waals surface area contributed by atoms with E-state index in [2.05, 4.69) is 0 Å². The first-order valence-electron chi connectivity index (χ1n) is 5.82. The molecule has 1 aliphatic heterocycles. The van der Waals surface area contributed by atoms with Gasteiger partial charge in [-0.15, -0.1) is 0 Å². The van der Waals surface area contributed by atoms with Gasteiger partial charge < -0.3 is 5.11 Å². The fourth-order valence-electron chi connectivity index (χ4n) is 2.16. The number of sulfonamides is 1. The molecule has 8 heteroatoms. The van der Waals surface area contributed by atoms with Gasteiger partial charge in [-0.25, -0.2) is 12.8 Å². The fraction of sp³-hybridized carbons (Fsp3) is 0.333. The molecule has 0 radical (unpaired) electrons. The minimum absolute atomic E-state index is 0.0842. The Morgan fingerprint density at radius 2 is 2.20 bits per heavy atom. The quantitative estimate of drug-likeness (QED) is 0.895. The molecule has 0 aromatic heterocycles. The van der Waals surface area contributed by atoms with Crippen LogP contribution >= 0.6 is 0 Å². The first-order chi connectivity index (χ1) is 9.37. The predicted molar refractivity (Wildman–Crippen MR) is 65.7 cm³/mol. The van der Waals surface area contributed by atoms with E-state index in [0.29, 0.717) is 6.42 Å². The van der Waals surface area contributed by atoms with Gasteiger partial charge in [0.05, 0.1) is 10.5 Å². The molecule has 1 fully saturated rings. The Morgan fingerprint density at radius 1 is 1.50 bits per heavy atom. The van der Waals surface area contributed by atoms with Gasteiger partial charge in [0, 0.05) is 6.54 Å². The van der Waals surface area contributed by atoms with Crippen LogP contribution in [-0.2, 0) is 14.8 Å². The molecule has 2 rings (SSSR count). The predicted octanol–water partition coefficient (Wildman–Crippen LogP) is 0.935. The summed E-state index contributed by atoms with van der Waals surface area (Å²) in [4.78, 5) is 10.7. The number of carboxylic acids is 1. The number of halogens is 1. The number of nitrogens with zero attached hydrogens (tertiary/aromatic N) is 2. The molecule has 0 bridgehead atoms. The molecule has 6 nitrogen and oxygen atoms in total. The Balaban J connectivity index is 2.43. The number of hydrogen-bond donors (Lipinski definition) is 1. The summed E-state index contributed by atoms with van der Waals surface area (Å²) >= 11 is 0. The summed E-state index contributed by atoms with van der Waals surface area (Å²) < 4.78 is 39.0. The van der Waals surface area contributed by atoms with Crippen molar-refractivity contribution in [2.45, 2.75) is 23.8 Å². The van der Waals surface area contributed by atoms with E-state index >= 15 is 0 Å². The number of nitriles is 1. The molecule has 0 saturated carbocycles. The Labute approximate surface area is 115 Å². The first-order valence-corrected chi connectivity index (χ1v) is 7.26. The van der Waals surface area contributed by atoms with Gasteiger partial charge in [-0.05, 0) is 31.0 Å². The van der Waals surface area contributed by atoms with Crippen LogP contribution in [0, 0.1) is 17.1 Å². The lowest BCUT2D eigenvalue weighted by Crippen LogP contribution is -2.40. The van der Waals surface area contributed by atoms with Gasteiger partial charge >= 0.3 is 5.97 Å². The maximum absolute atomic E-state index is 13.5. The molecule has 106 valence electrons.